The van der Waals surface area contributed by atoms with Crippen LogP contribution in [0.3, 0.4) is 0 Å². The Morgan fingerprint density at radius 3 is 2.68 bits per heavy atom. The highest BCUT2D eigenvalue weighted by Crippen LogP contribution is 2.30. The summed E-state index contributed by atoms with van der Waals surface area (Å²) in [6.07, 6.45) is 12.5. The predicted octanol–water partition coefficient (Wildman–Crippen LogP) is 4.30. The molecule has 4 heterocycles. The molecule has 0 radical (unpaired) electrons. The van der Waals surface area contributed by atoms with Gasteiger partial charge in [-0.3, -0.25) is 4.99 Å². The molecule has 0 aliphatic carbocycles. The van der Waals surface area contributed by atoms with Gasteiger partial charge in [-0.15, -0.1) is 6.42 Å². The number of nitrogens with zero attached hydrogens (tertiary/aromatic N) is 5. The highest BCUT2D eigenvalue weighted by Gasteiger charge is 2.34. The van der Waals surface area contributed by atoms with Gasteiger partial charge in [-0.2, -0.15) is 9.97 Å². The van der Waals surface area contributed by atoms with Crippen molar-refractivity contribution < 1.29 is 4.74 Å². The molecule has 3 aliphatic rings. The lowest BCUT2D eigenvalue weighted by molar-refractivity contribution is 0.187. The van der Waals surface area contributed by atoms with Gasteiger partial charge in [0, 0.05) is 47.8 Å². The Kier molecular flexibility index (Phi) is 7.20. The van der Waals surface area contributed by atoms with Crippen LogP contribution in [0.25, 0.3) is 10.8 Å². The number of fused-ring (bicyclic) bond motifs is 3. The molecule has 3 atom stereocenters. The van der Waals surface area contributed by atoms with Crippen molar-refractivity contribution in [2.75, 3.05) is 38.2 Å². The lowest BCUT2D eigenvalue weighted by Crippen LogP contribution is -2.51. The molecule has 2 bridgehead atoms. The van der Waals surface area contributed by atoms with Crippen molar-refractivity contribution in [1.29, 1.82) is 0 Å². The standard InChI is InChI=1S/C30H33ClN6O/c1-3-27-25(16-32-15-21-9-4-7-20-8-5-11-26(31)28(20)21)29(37-17-22-12-13-23(18-37)33-22)35-30(34-27)38-19-24-10-6-14-36(24)2/h1,4-5,7-9,11,16,22-24,33H,6,10,12-15,17-19H2,2H3/t22?,23?,24-/m0/s1. The maximum atomic E-state index is 6.54. The quantitative estimate of drug-likeness (QED) is 0.364. The summed E-state index contributed by atoms with van der Waals surface area (Å²) < 4.78 is 6.13. The Morgan fingerprint density at radius 1 is 1.16 bits per heavy atom. The van der Waals surface area contributed by atoms with Gasteiger partial charge in [0.1, 0.15) is 18.1 Å². The van der Waals surface area contributed by atoms with E-state index < -0.39 is 0 Å². The number of piperazine rings is 1. The molecule has 1 aromatic heterocycles. The van der Waals surface area contributed by atoms with E-state index in [0.717, 1.165) is 58.8 Å². The first kappa shape index (κ1) is 25.1. The van der Waals surface area contributed by atoms with Crippen LogP contribution in [0.2, 0.25) is 5.02 Å². The first-order valence-corrected chi connectivity index (χ1v) is 13.9. The SMILES string of the molecule is C#Cc1nc(OC[C@@H]2CCCN2C)nc(N2CC3CCC(C2)N3)c1C=NCc1cccc2cccc(Cl)c12. The van der Waals surface area contributed by atoms with Crippen LogP contribution >= 0.6 is 11.6 Å². The van der Waals surface area contributed by atoms with E-state index in [9.17, 15) is 0 Å². The van der Waals surface area contributed by atoms with Crippen LogP contribution in [0.4, 0.5) is 5.82 Å². The number of terminal acetylenes is 1. The minimum atomic E-state index is 0.345. The Balaban J connectivity index is 1.32. The zero-order chi connectivity index (χ0) is 26.1. The van der Waals surface area contributed by atoms with E-state index in [4.69, 9.17) is 32.7 Å². The van der Waals surface area contributed by atoms with E-state index >= 15 is 0 Å². The average Bonchev–Trinajstić information content (AvgIpc) is 3.50. The van der Waals surface area contributed by atoms with Crippen molar-refractivity contribution in [3.63, 3.8) is 0 Å². The molecule has 1 N–H and O–H groups in total. The Morgan fingerprint density at radius 2 is 1.95 bits per heavy atom. The van der Waals surface area contributed by atoms with E-state index in [2.05, 4.69) is 51.3 Å². The third-order valence-electron chi connectivity index (χ3n) is 8.06. The van der Waals surface area contributed by atoms with E-state index in [-0.39, 0.29) is 0 Å². The summed E-state index contributed by atoms with van der Waals surface area (Å²) in [6, 6.07) is 13.8. The number of nitrogens with one attached hydrogen (secondary N) is 1. The van der Waals surface area contributed by atoms with Crippen molar-refractivity contribution >= 4 is 34.4 Å². The van der Waals surface area contributed by atoms with E-state index in [1.807, 2.05) is 24.4 Å². The number of ether oxygens (including phenoxy) is 1. The molecule has 7 nitrogen and oxygen atoms in total. The fourth-order valence-corrected chi connectivity index (χ4v) is 6.34. The zero-order valence-corrected chi connectivity index (χ0v) is 22.5. The first-order chi connectivity index (χ1) is 18.6. The minimum Gasteiger partial charge on any atom is -0.462 e. The fourth-order valence-electron chi connectivity index (χ4n) is 6.04. The van der Waals surface area contributed by atoms with Crippen LogP contribution in [-0.2, 0) is 6.54 Å². The summed E-state index contributed by atoms with van der Waals surface area (Å²) in [5.41, 5.74) is 2.34. The van der Waals surface area contributed by atoms with Gasteiger partial charge >= 0.3 is 6.01 Å². The summed E-state index contributed by atoms with van der Waals surface area (Å²) in [6.45, 7) is 3.88. The molecule has 3 aromatic rings. The lowest BCUT2D eigenvalue weighted by Gasteiger charge is -2.34. The second kappa shape index (κ2) is 10.9. The average molecular weight is 529 g/mol. The zero-order valence-electron chi connectivity index (χ0n) is 21.7. The van der Waals surface area contributed by atoms with Crippen LogP contribution in [0.5, 0.6) is 6.01 Å². The van der Waals surface area contributed by atoms with Crippen molar-refractivity contribution in [2.24, 2.45) is 4.99 Å². The van der Waals surface area contributed by atoms with E-state index in [1.54, 1.807) is 0 Å². The molecule has 3 aliphatic heterocycles. The van der Waals surface area contributed by atoms with Gasteiger partial charge in [0.25, 0.3) is 0 Å². The molecular weight excluding hydrogens is 496 g/mol. The lowest BCUT2D eigenvalue weighted by atomic mass is 10.0. The van der Waals surface area contributed by atoms with Crippen molar-refractivity contribution in [2.45, 2.75) is 50.4 Å². The number of anilines is 1. The summed E-state index contributed by atoms with van der Waals surface area (Å²) in [7, 11) is 2.14. The second-order valence-corrected chi connectivity index (χ2v) is 11.0. The largest absolute Gasteiger partial charge is 0.462 e. The van der Waals surface area contributed by atoms with Crippen LogP contribution in [0, 0.1) is 12.3 Å². The molecule has 8 heteroatoms. The molecule has 0 saturated carbocycles. The minimum absolute atomic E-state index is 0.345. The number of likely N-dealkylation sites (N-methyl/N-ethyl adjacent to an activating group) is 1. The summed E-state index contributed by atoms with van der Waals surface area (Å²) >= 11 is 6.54. The number of aromatic nitrogens is 2. The van der Waals surface area contributed by atoms with Gasteiger partial charge in [-0.25, -0.2) is 0 Å². The molecule has 3 fully saturated rings. The molecule has 6 rings (SSSR count). The monoisotopic (exact) mass is 528 g/mol. The van der Waals surface area contributed by atoms with Gasteiger partial charge in [0.05, 0.1) is 12.1 Å². The number of aliphatic imine (C=N–C) groups is 1. The summed E-state index contributed by atoms with van der Waals surface area (Å²) in [5.74, 6) is 3.59. The topological polar surface area (TPSA) is 65.9 Å². The number of likely N-dealkylation sites (tertiary alicyclic amines) is 1. The van der Waals surface area contributed by atoms with Gasteiger partial charge in [-0.05, 0) is 62.2 Å². The molecule has 0 amide bonds. The number of benzene rings is 2. The van der Waals surface area contributed by atoms with Crippen LogP contribution < -0.4 is 15.0 Å². The molecular formula is C30H33ClN6O. The van der Waals surface area contributed by atoms with Crippen LogP contribution in [0.15, 0.2) is 41.4 Å². The number of rotatable bonds is 7. The van der Waals surface area contributed by atoms with Gasteiger partial charge in [0.2, 0.25) is 0 Å². The third-order valence-corrected chi connectivity index (χ3v) is 8.37. The van der Waals surface area contributed by atoms with Crippen LogP contribution in [0.1, 0.15) is 42.5 Å². The second-order valence-electron chi connectivity index (χ2n) is 10.6. The maximum absolute atomic E-state index is 6.54. The van der Waals surface area contributed by atoms with Crippen molar-refractivity contribution in [1.82, 2.24) is 20.2 Å². The molecule has 0 spiro atoms. The summed E-state index contributed by atoms with van der Waals surface area (Å²) in [4.78, 5) is 19.0. The highest BCUT2D eigenvalue weighted by molar-refractivity contribution is 6.35. The third kappa shape index (κ3) is 5.09. The van der Waals surface area contributed by atoms with Crippen molar-refractivity contribution in [3.8, 4) is 18.4 Å². The van der Waals surface area contributed by atoms with Gasteiger partial charge in [-0.1, -0.05) is 41.9 Å². The first-order valence-electron chi connectivity index (χ1n) is 13.5. The molecule has 2 unspecified atom stereocenters. The number of halogens is 1. The number of hydrogen-bond acceptors (Lipinski definition) is 7. The predicted molar refractivity (Wildman–Crippen MR) is 154 cm³/mol. The molecule has 196 valence electrons. The highest BCUT2D eigenvalue weighted by atomic mass is 35.5. The van der Waals surface area contributed by atoms with E-state index in [0.29, 0.717) is 43.0 Å². The smallest absolute Gasteiger partial charge is 0.319 e. The molecule has 38 heavy (non-hydrogen) atoms. The number of hydrogen-bond donors (Lipinski definition) is 1. The summed E-state index contributed by atoms with van der Waals surface area (Å²) in [5, 5.41) is 6.56. The molecule has 3 saturated heterocycles. The maximum Gasteiger partial charge on any atom is 0.319 e. The Labute approximate surface area is 229 Å². The Bertz CT molecular complexity index is 1380. The van der Waals surface area contributed by atoms with Crippen LogP contribution in [-0.4, -0.2) is 72.5 Å². The van der Waals surface area contributed by atoms with E-state index in [1.165, 1.54) is 19.3 Å². The molecule has 2 aromatic carbocycles. The van der Waals surface area contributed by atoms with Gasteiger partial charge in [0.15, 0.2) is 0 Å². The Hall–Kier alpha value is -3.18. The van der Waals surface area contributed by atoms with Gasteiger partial charge < -0.3 is 19.9 Å². The van der Waals surface area contributed by atoms with Crippen molar-refractivity contribution in [3.05, 3.63) is 58.2 Å². The normalized spacial score (nSPS) is 23.4. The fraction of sp³-hybridized carbons (Fsp3) is 0.433.